The van der Waals surface area contributed by atoms with Crippen molar-refractivity contribution in [3.63, 3.8) is 0 Å². The lowest BCUT2D eigenvalue weighted by molar-refractivity contribution is -0.120. The molecule has 1 aromatic carbocycles. The average molecular weight is 325 g/mol. The molecule has 1 aromatic rings. The number of alkyl halides is 2. The highest BCUT2D eigenvalue weighted by Gasteiger charge is 2.21. The summed E-state index contributed by atoms with van der Waals surface area (Å²) in [6, 6.07) is 5.94. The molecule has 0 spiro atoms. The first-order valence-corrected chi connectivity index (χ1v) is 6.70. The molecular formula is C12H15ClF2N2O2S. The molecule has 20 heavy (non-hydrogen) atoms. The number of carbonyl (C=O) groups excluding carboxylic acids is 1. The van der Waals surface area contributed by atoms with Crippen molar-refractivity contribution in [2.75, 3.05) is 25.1 Å². The van der Waals surface area contributed by atoms with Crippen molar-refractivity contribution in [2.45, 2.75) is 16.7 Å². The van der Waals surface area contributed by atoms with E-state index >= 15 is 0 Å². The molecule has 0 aromatic heterocycles. The molecule has 0 saturated carbocycles. The second-order valence-electron chi connectivity index (χ2n) is 3.97. The smallest absolute Gasteiger partial charge is 0.288 e. The highest BCUT2D eigenvalue weighted by Crippen LogP contribution is 2.26. The van der Waals surface area contributed by atoms with Crippen LogP contribution in [0, 0.1) is 0 Å². The Balaban J connectivity index is 0.00000200. The van der Waals surface area contributed by atoms with Gasteiger partial charge in [-0.15, -0.1) is 12.4 Å². The van der Waals surface area contributed by atoms with Crippen molar-refractivity contribution in [3.05, 3.63) is 24.3 Å². The Hall–Kier alpha value is -0.890. The van der Waals surface area contributed by atoms with Crippen LogP contribution < -0.4 is 10.6 Å². The van der Waals surface area contributed by atoms with Crippen molar-refractivity contribution < 1.29 is 18.3 Å². The summed E-state index contributed by atoms with van der Waals surface area (Å²) in [5.74, 6) is -2.63. The summed E-state index contributed by atoms with van der Waals surface area (Å²) in [6.07, 6.45) is 0. The minimum absolute atomic E-state index is 0. The van der Waals surface area contributed by atoms with Gasteiger partial charge in [0.25, 0.3) is 5.76 Å². The molecule has 8 heteroatoms. The third-order valence-corrected chi connectivity index (χ3v) is 3.31. The zero-order valence-electron chi connectivity index (χ0n) is 10.5. The number of carbonyl (C=O) groups is 1. The van der Waals surface area contributed by atoms with Gasteiger partial charge < -0.3 is 15.4 Å². The van der Waals surface area contributed by atoms with Gasteiger partial charge in [0.2, 0.25) is 5.91 Å². The number of hydrogen-bond donors (Lipinski definition) is 2. The lowest BCUT2D eigenvalue weighted by Gasteiger charge is -2.22. The fraction of sp³-hybridized carbons (Fsp3) is 0.417. The van der Waals surface area contributed by atoms with Gasteiger partial charge in [-0.3, -0.25) is 4.79 Å². The molecule has 0 aliphatic carbocycles. The predicted octanol–water partition coefficient (Wildman–Crippen LogP) is 2.35. The first-order chi connectivity index (χ1) is 9.15. The Bertz CT molecular complexity index is 428. The van der Waals surface area contributed by atoms with Gasteiger partial charge >= 0.3 is 0 Å². The van der Waals surface area contributed by atoms with Crippen molar-refractivity contribution >= 4 is 35.8 Å². The normalized spacial score (nSPS) is 18.4. The molecule has 4 nitrogen and oxygen atoms in total. The van der Waals surface area contributed by atoms with E-state index in [9.17, 15) is 13.6 Å². The van der Waals surface area contributed by atoms with Crippen LogP contribution in [0.1, 0.15) is 0 Å². The molecule has 0 bridgehead atoms. The van der Waals surface area contributed by atoms with Crippen LogP contribution in [0.4, 0.5) is 14.5 Å². The molecule has 1 aliphatic heterocycles. The fourth-order valence-electron chi connectivity index (χ4n) is 1.68. The molecule has 1 atom stereocenters. The first-order valence-electron chi connectivity index (χ1n) is 5.82. The maximum absolute atomic E-state index is 12.1. The molecular weight excluding hydrogens is 310 g/mol. The van der Waals surface area contributed by atoms with Crippen LogP contribution in [0.3, 0.4) is 0 Å². The van der Waals surface area contributed by atoms with Gasteiger partial charge in [-0.25, -0.2) is 0 Å². The number of hydrogen-bond acceptors (Lipinski definition) is 4. The third-order valence-electron chi connectivity index (χ3n) is 2.59. The molecule has 1 unspecified atom stereocenters. The molecule has 2 rings (SSSR count). The SMILES string of the molecule is Cl.O=C(Nc1ccc(SC(F)F)cc1)C1COCCN1. The van der Waals surface area contributed by atoms with E-state index in [4.69, 9.17) is 4.74 Å². The van der Waals surface area contributed by atoms with Gasteiger partial charge in [0, 0.05) is 17.1 Å². The van der Waals surface area contributed by atoms with Gasteiger partial charge in [0.15, 0.2) is 0 Å². The van der Waals surface area contributed by atoms with Gasteiger partial charge in [0.1, 0.15) is 6.04 Å². The molecule has 1 aliphatic rings. The third kappa shape index (κ3) is 5.24. The van der Waals surface area contributed by atoms with Crippen molar-refractivity contribution in [2.24, 2.45) is 0 Å². The fourth-order valence-corrected chi connectivity index (χ4v) is 2.18. The molecule has 0 radical (unpaired) electrons. The number of benzene rings is 1. The van der Waals surface area contributed by atoms with Crippen LogP contribution in [0.15, 0.2) is 29.2 Å². The molecule has 1 fully saturated rings. The molecule has 2 N–H and O–H groups in total. The van der Waals surface area contributed by atoms with E-state index in [2.05, 4.69) is 10.6 Å². The highest BCUT2D eigenvalue weighted by atomic mass is 35.5. The van der Waals surface area contributed by atoms with E-state index in [1.54, 1.807) is 24.3 Å². The van der Waals surface area contributed by atoms with Crippen LogP contribution in [-0.2, 0) is 9.53 Å². The lowest BCUT2D eigenvalue weighted by Crippen LogP contribution is -2.48. The number of nitrogens with one attached hydrogen (secondary N) is 2. The molecule has 112 valence electrons. The minimum Gasteiger partial charge on any atom is -0.378 e. The number of halogens is 3. The van der Waals surface area contributed by atoms with E-state index in [1.165, 1.54) is 0 Å². The van der Waals surface area contributed by atoms with Gasteiger partial charge in [-0.1, -0.05) is 11.8 Å². The van der Waals surface area contributed by atoms with E-state index in [0.29, 0.717) is 42.1 Å². The highest BCUT2D eigenvalue weighted by molar-refractivity contribution is 7.99. The summed E-state index contributed by atoms with van der Waals surface area (Å²) in [6.45, 7) is 1.58. The van der Waals surface area contributed by atoms with Crippen molar-refractivity contribution in [1.29, 1.82) is 0 Å². The maximum Gasteiger partial charge on any atom is 0.288 e. The van der Waals surface area contributed by atoms with Crippen LogP contribution in [0.2, 0.25) is 0 Å². The van der Waals surface area contributed by atoms with E-state index in [-0.39, 0.29) is 24.4 Å². The van der Waals surface area contributed by atoms with Gasteiger partial charge in [-0.05, 0) is 24.3 Å². The Morgan fingerprint density at radius 1 is 1.40 bits per heavy atom. The number of morpholine rings is 1. The second kappa shape index (κ2) is 8.41. The zero-order chi connectivity index (χ0) is 13.7. The second-order valence-corrected chi connectivity index (χ2v) is 5.04. The summed E-state index contributed by atoms with van der Waals surface area (Å²) >= 11 is 0.476. The Kier molecular flexibility index (Phi) is 7.22. The molecule has 1 heterocycles. The molecule has 1 amide bonds. The van der Waals surface area contributed by atoms with Crippen LogP contribution in [-0.4, -0.2) is 37.5 Å². The average Bonchev–Trinajstić information content (AvgIpc) is 2.41. The Morgan fingerprint density at radius 3 is 2.65 bits per heavy atom. The van der Waals surface area contributed by atoms with E-state index in [0.717, 1.165) is 0 Å². The number of ether oxygens (including phenoxy) is 1. The van der Waals surface area contributed by atoms with Gasteiger partial charge in [0.05, 0.1) is 13.2 Å². The number of thioether (sulfide) groups is 1. The van der Waals surface area contributed by atoms with Crippen molar-refractivity contribution in [1.82, 2.24) is 5.32 Å². The Labute approximate surface area is 126 Å². The topological polar surface area (TPSA) is 50.4 Å². The summed E-state index contributed by atoms with van der Waals surface area (Å²) in [5, 5.41) is 5.75. The summed E-state index contributed by atoms with van der Waals surface area (Å²) in [7, 11) is 0. The zero-order valence-corrected chi connectivity index (χ0v) is 12.1. The van der Waals surface area contributed by atoms with E-state index in [1.807, 2.05) is 0 Å². The van der Waals surface area contributed by atoms with Crippen LogP contribution in [0.5, 0.6) is 0 Å². The summed E-state index contributed by atoms with van der Waals surface area (Å²) < 4.78 is 29.5. The lowest BCUT2D eigenvalue weighted by atomic mass is 10.2. The van der Waals surface area contributed by atoms with E-state index < -0.39 is 5.76 Å². The predicted molar refractivity (Wildman–Crippen MR) is 76.8 cm³/mol. The number of amides is 1. The van der Waals surface area contributed by atoms with Gasteiger partial charge in [-0.2, -0.15) is 8.78 Å². The van der Waals surface area contributed by atoms with Crippen LogP contribution >= 0.6 is 24.2 Å². The number of anilines is 1. The largest absolute Gasteiger partial charge is 0.378 e. The van der Waals surface area contributed by atoms with Crippen molar-refractivity contribution in [3.8, 4) is 0 Å². The minimum atomic E-state index is -2.44. The maximum atomic E-state index is 12.1. The first kappa shape index (κ1) is 17.2. The summed E-state index contributed by atoms with van der Waals surface area (Å²) in [4.78, 5) is 12.3. The Morgan fingerprint density at radius 2 is 2.10 bits per heavy atom. The quantitative estimate of drug-likeness (QED) is 0.835. The standard InChI is InChI=1S/C12H14F2N2O2S.ClH/c13-12(14)19-9-3-1-8(2-4-9)16-11(17)10-7-18-6-5-15-10;/h1-4,10,12,15H,5-7H2,(H,16,17);1H. The monoisotopic (exact) mass is 324 g/mol. The van der Waals surface area contributed by atoms with Crippen LogP contribution in [0.25, 0.3) is 0 Å². The summed E-state index contributed by atoms with van der Waals surface area (Å²) in [5.41, 5.74) is 0.580. The molecule has 1 saturated heterocycles. The number of rotatable bonds is 4.